The number of rotatable bonds is 4. The molecule has 0 bridgehead atoms. The average molecular weight is 248 g/mol. The summed E-state index contributed by atoms with van der Waals surface area (Å²) in [6.45, 7) is 2.18. The van der Waals surface area contributed by atoms with Crippen molar-refractivity contribution in [3.63, 3.8) is 0 Å². The summed E-state index contributed by atoms with van der Waals surface area (Å²) in [4.78, 5) is 14.1. The van der Waals surface area contributed by atoms with Gasteiger partial charge >= 0.3 is 5.97 Å². The Hall–Kier alpha value is -1.71. The van der Waals surface area contributed by atoms with E-state index >= 15 is 0 Å². The second-order valence-electron chi connectivity index (χ2n) is 4.66. The lowest BCUT2D eigenvalue weighted by Crippen LogP contribution is -2.38. The predicted molar refractivity (Wildman–Crippen MR) is 72.9 cm³/mol. The third-order valence-corrected chi connectivity index (χ3v) is 3.54. The van der Waals surface area contributed by atoms with Gasteiger partial charge in [0.2, 0.25) is 0 Å². The van der Waals surface area contributed by atoms with Crippen LogP contribution in [0.15, 0.2) is 18.2 Å². The van der Waals surface area contributed by atoms with E-state index in [1.54, 1.807) is 19.1 Å². The maximum absolute atomic E-state index is 11.9. The van der Waals surface area contributed by atoms with E-state index in [9.17, 15) is 4.79 Å². The van der Waals surface area contributed by atoms with Crippen LogP contribution in [0.4, 0.5) is 11.4 Å². The lowest BCUT2D eigenvalue weighted by Gasteiger charge is -2.37. The molecule has 2 rings (SSSR count). The van der Waals surface area contributed by atoms with Crippen LogP contribution >= 0.6 is 0 Å². The van der Waals surface area contributed by atoms with E-state index in [0.29, 0.717) is 23.9 Å². The van der Waals surface area contributed by atoms with Gasteiger partial charge in [-0.25, -0.2) is 4.79 Å². The Labute approximate surface area is 108 Å². The van der Waals surface area contributed by atoms with Crippen LogP contribution < -0.4 is 10.6 Å². The fourth-order valence-electron chi connectivity index (χ4n) is 2.29. The molecule has 0 saturated heterocycles. The number of anilines is 2. The number of ether oxygens (including phenoxy) is 1. The molecule has 1 fully saturated rings. The number of nitrogen functional groups attached to an aromatic ring is 1. The van der Waals surface area contributed by atoms with Crippen LogP contribution in [-0.2, 0) is 4.74 Å². The molecule has 0 aromatic heterocycles. The van der Waals surface area contributed by atoms with Crippen molar-refractivity contribution in [1.29, 1.82) is 0 Å². The fraction of sp³-hybridized carbons (Fsp3) is 0.500. The zero-order chi connectivity index (χ0) is 13.1. The molecule has 2 N–H and O–H groups in total. The fourth-order valence-corrected chi connectivity index (χ4v) is 2.29. The van der Waals surface area contributed by atoms with Crippen LogP contribution in [0, 0.1) is 0 Å². The van der Waals surface area contributed by atoms with Crippen LogP contribution in [0.3, 0.4) is 0 Å². The van der Waals surface area contributed by atoms with Gasteiger partial charge in [0.15, 0.2) is 0 Å². The Morgan fingerprint density at radius 3 is 2.78 bits per heavy atom. The molecule has 4 heteroatoms. The molecule has 0 unspecified atom stereocenters. The molecule has 4 nitrogen and oxygen atoms in total. The van der Waals surface area contributed by atoms with Gasteiger partial charge in [-0.3, -0.25) is 0 Å². The van der Waals surface area contributed by atoms with Crippen LogP contribution in [0.1, 0.15) is 36.5 Å². The van der Waals surface area contributed by atoms with E-state index in [1.807, 2.05) is 13.1 Å². The Morgan fingerprint density at radius 1 is 1.50 bits per heavy atom. The largest absolute Gasteiger partial charge is 0.462 e. The highest BCUT2D eigenvalue weighted by atomic mass is 16.5. The first kappa shape index (κ1) is 12.7. The van der Waals surface area contributed by atoms with Gasteiger partial charge in [-0.2, -0.15) is 0 Å². The minimum absolute atomic E-state index is 0.300. The van der Waals surface area contributed by atoms with Crippen molar-refractivity contribution in [2.75, 3.05) is 24.3 Å². The zero-order valence-corrected chi connectivity index (χ0v) is 11.0. The van der Waals surface area contributed by atoms with Crippen LogP contribution in [0.2, 0.25) is 0 Å². The molecular formula is C14H20N2O2. The first-order chi connectivity index (χ1) is 8.65. The standard InChI is InChI=1S/C14H20N2O2/c1-3-18-14(17)11-8-5-9-12(15)13(11)16(2)10-6-4-7-10/h5,8-10H,3-4,6-7,15H2,1-2H3. The van der Waals surface area contributed by atoms with Gasteiger partial charge in [-0.15, -0.1) is 0 Å². The maximum atomic E-state index is 11.9. The number of esters is 1. The zero-order valence-electron chi connectivity index (χ0n) is 11.0. The molecule has 0 heterocycles. The summed E-state index contributed by atoms with van der Waals surface area (Å²) < 4.78 is 5.08. The average Bonchev–Trinajstić information content (AvgIpc) is 2.26. The summed E-state index contributed by atoms with van der Waals surface area (Å²) in [6.07, 6.45) is 3.57. The first-order valence-electron chi connectivity index (χ1n) is 6.43. The molecule has 0 atom stereocenters. The molecule has 1 aliphatic rings. The molecule has 1 aliphatic carbocycles. The normalized spacial score (nSPS) is 15.0. The Bertz CT molecular complexity index is 441. The van der Waals surface area contributed by atoms with E-state index in [4.69, 9.17) is 10.5 Å². The second kappa shape index (κ2) is 5.29. The van der Waals surface area contributed by atoms with E-state index in [2.05, 4.69) is 4.90 Å². The summed E-state index contributed by atoms with van der Waals surface area (Å²) in [5.41, 5.74) is 8.03. The van der Waals surface area contributed by atoms with Crippen molar-refractivity contribution in [1.82, 2.24) is 0 Å². The van der Waals surface area contributed by atoms with Crippen molar-refractivity contribution in [3.8, 4) is 0 Å². The molecule has 0 aliphatic heterocycles. The molecule has 0 spiro atoms. The highest BCUT2D eigenvalue weighted by Gasteiger charge is 2.27. The number of benzene rings is 1. The number of hydrogen-bond donors (Lipinski definition) is 1. The quantitative estimate of drug-likeness (QED) is 0.657. The van der Waals surface area contributed by atoms with E-state index < -0.39 is 0 Å². The summed E-state index contributed by atoms with van der Waals surface area (Å²) in [5.74, 6) is -0.300. The SMILES string of the molecule is CCOC(=O)c1cccc(N)c1N(C)C1CCC1. The van der Waals surface area contributed by atoms with Gasteiger partial charge in [0.1, 0.15) is 0 Å². The van der Waals surface area contributed by atoms with Gasteiger partial charge in [0.25, 0.3) is 0 Å². The van der Waals surface area contributed by atoms with Crippen molar-refractivity contribution in [2.45, 2.75) is 32.2 Å². The van der Waals surface area contributed by atoms with Gasteiger partial charge in [-0.05, 0) is 38.3 Å². The van der Waals surface area contributed by atoms with Gasteiger partial charge < -0.3 is 15.4 Å². The van der Waals surface area contributed by atoms with Crippen molar-refractivity contribution < 1.29 is 9.53 Å². The molecular weight excluding hydrogens is 228 g/mol. The van der Waals surface area contributed by atoms with Crippen LogP contribution in [-0.4, -0.2) is 25.7 Å². The third kappa shape index (κ3) is 2.28. The maximum Gasteiger partial charge on any atom is 0.340 e. The third-order valence-electron chi connectivity index (χ3n) is 3.54. The predicted octanol–water partition coefficient (Wildman–Crippen LogP) is 2.43. The number of nitrogens with two attached hydrogens (primary N) is 1. The molecule has 98 valence electrons. The Morgan fingerprint density at radius 2 is 2.22 bits per heavy atom. The van der Waals surface area contributed by atoms with E-state index in [-0.39, 0.29) is 5.97 Å². The Balaban J connectivity index is 2.34. The van der Waals surface area contributed by atoms with Crippen molar-refractivity contribution >= 4 is 17.3 Å². The van der Waals surface area contributed by atoms with E-state index in [1.165, 1.54) is 6.42 Å². The van der Waals surface area contributed by atoms with Gasteiger partial charge in [-0.1, -0.05) is 6.07 Å². The minimum atomic E-state index is -0.300. The summed E-state index contributed by atoms with van der Waals surface area (Å²) in [5, 5.41) is 0. The number of carbonyl (C=O) groups excluding carboxylic acids is 1. The van der Waals surface area contributed by atoms with Crippen LogP contribution in [0.5, 0.6) is 0 Å². The Kier molecular flexibility index (Phi) is 3.75. The lowest BCUT2D eigenvalue weighted by molar-refractivity contribution is 0.0527. The molecule has 0 radical (unpaired) electrons. The van der Waals surface area contributed by atoms with Crippen molar-refractivity contribution in [3.05, 3.63) is 23.8 Å². The first-order valence-corrected chi connectivity index (χ1v) is 6.43. The monoisotopic (exact) mass is 248 g/mol. The molecule has 1 aromatic rings. The summed E-state index contributed by atoms with van der Waals surface area (Å²) in [6, 6.07) is 5.88. The second-order valence-corrected chi connectivity index (χ2v) is 4.66. The topological polar surface area (TPSA) is 55.6 Å². The molecule has 18 heavy (non-hydrogen) atoms. The number of carbonyl (C=O) groups is 1. The van der Waals surface area contributed by atoms with Crippen molar-refractivity contribution in [2.24, 2.45) is 0 Å². The molecule has 1 saturated carbocycles. The summed E-state index contributed by atoms with van der Waals surface area (Å²) >= 11 is 0. The van der Waals surface area contributed by atoms with Gasteiger partial charge in [0.05, 0.1) is 23.5 Å². The number of hydrogen-bond acceptors (Lipinski definition) is 4. The smallest absolute Gasteiger partial charge is 0.340 e. The van der Waals surface area contributed by atoms with E-state index in [0.717, 1.165) is 18.5 Å². The molecule has 0 amide bonds. The highest BCUT2D eigenvalue weighted by molar-refractivity contribution is 5.99. The summed E-state index contributed by atoms with van der Waals surface area (Å²) in [7, 11) is 2.00. The van der Waals surface area contributed by atoms with Crippen LogP contribution in [0.25, 0.3) is 0 Å². The van der Waals surface area contributed by atoms with Gasteiger partial charge in [0, 0.05) is 13.1 Å². The number of nitrogens with zero attached hydrogens (tertiary/aromatic N) is 1. The lowest BCUT2D eigenvalue weighted by atomic mass is 9.91. The number of para-hydroxylation sites is 1. The highest BCUT2D eigenvalue weighted by Crippen LogP contribution is 2.34. The minimum Gasteiger partial charge on any atom is -0.462 e. The molecule has 1 aromatic carbocycles.